The standard InChI is InChI=1S/C13H22N2O3/c1-13(2,3)18-12(17)9-4-5-10-6-14-7-11(16)15(10)8-9/h9-10,14H,4-8H2,1-3H3/t9-,10+/m0/s1. The molecule has 0 aromatic heterocycles. The van der Waals surface area contributed by atoms with Gasteiger partial charge in [0.1, 0.15) is 5.60 Å². The number of nitrogens with zero attached hydrogens (tertiary/aromatic N) is 1. The van der Waals surface area contributed by atoms with Crippen LogP contribution in [0.15, 0.2) is 0 Å². The third-order valence-corrected chi connectivity index (χ3v) is 3.42. The number of piperazine rings is 1. The smallest absolute Gasteiger partial charge is 0.311 e. The van der Waals surface area contributed by atoms with Gasteiger partial charge < -0.3 is 15.0 Å². The molecule has 2 rings (SSSR count). The van der Waals surface area contributed by atoms with E-state index in [-0.39, 0.29) is 23.8 Å². The first kappa shape index (κ1) is 13.3. The fraction of sp³-hybridized carbons (Fsp3) is 0.846. The van der Waals surface area contributed by atoms with Crippen molar-refractivity contribution in [1.29, 1.82) is 0 Å². The van der Waals surface area contributed by atoms with Crippen LogP contribution in [0.1, 0.15) is 33.6 Å². The van der Waals surface area contributed by atoms with Crippen molar-refractivity contribution in [2.24, 2.45) is 5.92 Å². The molecule has 0 aromatic carbocycles. The Kier molecular flexibility index (Phi) is 3.61. The van der Waals surface area contributed by atoms with Gasteiger partial charge in [-0.2, -0.15) is 0 Å². The minimum absolute atomic E-state index is 0.0968. The van der Waals surface area contributed by atoms with Crippen molar-refractivity contribution >= 4 is 11.9 Å². The lowest BCUT2D eigenvalue weighted by molar-refractivity contribution is -0.163. The highest BCUT2D eigenvalue weighted by atomic mass is 16.6. The summed E-state index contributed by atoms with van der Waals surface area (Å²) in [6.07, 6.45) is 1.69. The topological polar surface area (TPSA) is 58.6 Å². The van der Waals surface area contributed by atoms with Gasteiger partial charge in [-0.25, -0.2) is 0 Å². The molecule has 2 saturated heterocycles. The SMILES string of the molecule is CC(C)(C)OC(=O)[C@H]1CC[C@@H]2CNCC(=O)N2C1. The van der Waals surface area contributed by atoms with Crippen molar-refractivity contribution in [3.05, 3.63) is 0 Å². The van der Waals surface area contributed by atoms with E-state index in [1.807, 2.05) is 25.7 Å². The monoisotopic (exact) mass is 254 g/mol. The highest BCUT2D eigenvalue weighted by Crippen LogP contribution is 2.25. The minimum Gasteiger partial charge on any atom is -0.460 e. The molecular weight excluding hydrogens is 232 g/mol. The molecule has 0 bridgehead atoms. The van der Waals surface area contributed by atoms with Crippen LogP contribution in [0.2, 0.25) is 0 Å². The van der Waals surface area contributed by atoms with Crippen LogP contribution in [-0.2, 0) is 14.3 Å². The van der Waals surface area contributed by atoms with Crippen molar-refractivity contribution in [2.45, 2.75) is 45.3 Å². The van der Waals surface area contributed by atoms with Crippen molar-refractivity contribution < 1.29 is 14.3 Å². The minimum atomic E-state index is -0.457. The highest BCUT2D eigenvalue weighted by molar-refractivity contribution is 5.81. The van der Waals surface area contributed by atoms with Gasteiger partial charge >= 0.3 is 5.97 Å². The second-order valence-corrected chi connectivity index (χ2v) is 6.14. The molecule has 2 heterocycles. The number of ether oxygens (including phenoxy) is 1. The second kappa shape index (κ2) is 4.88. The van der Waals surface area contributed by atoms with Gasteiger partial charge in [0.05, 0.1) is 12.5 Å². The maximum Gasteiger partial charge on any atom is 0.311 e. The van der Waals surface area contributed by atoms with Crippen LogP contribution in [0.3, 0.4) is 0 Å². The maximum absolute atomic E-state index is 12.0. The molecule has 1 amide bonds. The average molecular weight is 254 g/mol. The van der Waals surface area contributed by atoms with E-state index in [0.29, 0.717) is 13.1 Å². The van der Waals surface area contributed by atoms with Crippen LogP contribution >= 0.6 is 0 Å². The molecule has 0 aromatic rings. The predicted molar refractivity (Wildman–Crippen MR) is 66.9 cm³/mol. The lowest BCUT2D eigenvalue weighted by atomic mass is 9.91. The third-order valence-electron chi connectivity index (χ3n) is 3.42. The summed E-state index contributed by atoms with van der Waals surface area (Å²) in [7, 11) is 0. The molecule has 0 saturated carbocycles. The number of fused-ring (bicyclic) bond motifs is 1. The fourth-order valence-electron chi connectivity index (χ4n) is 2.57. The molecule has 5 nitrogen and oxygen atoms in total. The summed E-state index contributed by atoms with van der Waals surface area (Å²) in [6.45, 7) is 7.34. The summed E-state index contributed by atoms with van der Waals surface area (Å²) < 4.78 is 5.40. The van der Waals surface area contributed by atoms with E-state index in [2.05, 4.69) is 5.32 Å². The van der Waals surface area contributed by atoms with Crippen LogP contribution in [-0.4, -0.2) is 48.1 Å². The van der Waals surface area contributed by atoms with Crippen molar-refractivity contribution in [2.75, 3.05) is 19.6 Å². The van der Waals surface area contributed by atoms with Gasteiger partial charge in [-0.1, -0.05) is 0 Å². The number of nitrogens with one attached hydrogen (secondary N) is 1. The second-order valence-electron chi connectivity index (χ2n) is 6.14. The first-order chi connectivity index (χ1) is 8.37. The van der Waals surface area contributed by atoms with Gasteiger partial charge in [0.15, 0.2) is 0 Å². The van der Waals surface area contributed by atoms with Gasteiger partial charge in [-0.05, 0) is 33.6 Å². The summed E-state index contributed by atoms with van der Waals surface area (Å²) in [5, 5.41) is 3.11. The molecule has 1 N–H and O–H groups in total. The summed E-state index contributed by atoms with van der Waals surface area (Å²) in [4.78, 5) is 25.7. The summed E-state index contributed by atoms with van der Waals surface area (Å²) in [5.74, 6) is -0.241. The zero-order valence-electron chi connectivity index (χ0n) is 11.4. The zero-order valence-corrected chi connectivity index (χ0v) is 11.4. The number of rotatable bonds is 1. The first-order valence-electron chi connectivity index (χ1n) is 6.60. The number of hydrogen-bond acceptors (Lipinski definition) is 4. The molecule has 0 radical (unpaired) electrons. The molecule has 0 aliphatic carbocycles. The number of carbonyl (C=O) groups excluding carboxylic acids is 2. The number of carbonyl (C=O) groups is 2. The van der Waals surface area contributed by atoms with Gasteiger partial charge in [-0.3, -0.25) is 9.59 Å². The van der Waals surface area contributed by atoms with E-state index in [4.69, 9.17) is 4.74 Å². The number of amides is 1. The molecule has 18 heavy (non-hydrogen) atoms. The zero-order chi connectivity index (χ0) is 13.3. The van der Waals surface area contributed by atoms with Gasteiger partial charge in [0.2, 0.25) is 5.91 Å². The van der Waals surface area contributed by atoms with Crippen molar-refractivity contribution in [1.82, 2.24) is 10.2 Å². The largest absolute Gasteiger partial charge is 0.460 e. The van der Waals surface area contributed by atoms with E-state index in [0.717, 1.165) is 19.4 Å². The molecule has 2 aliphatic heterocycles. The average Bonchev–Trinajstić information content (AvgIpc) is 2.27. The van der Waals surface area contributed by atoms with E-state index in [1.165, 1.54) is 0 Å². The van der Waals surface area contributed by atoms with E-state index in [9.17, 15) is 9.59 Å². The molecule has 0 spiro atoms. The quantitative estimate of drug-likeness (QED) is 0.694. The van der Waals surface area contributed by atoms with Gasteiger partial charge in [-0.15, -0.1) is 0 Å². The lowest BCUT2D eigenvalue weighted by Crippen LogP contribution is -2.59. The Labute approximate surface area is 108 Å². The van der Waals surface area contributed by atoms with Gasteiger partial charge in [0, 0.05) is 19.1 Å². The molecule has 2 atom stereocenters. The van der Waals surface area contributed by atoms with Crippen molar-refractivity contribution in [3.63, 3.8) is 0 Å². The molecule has 5 heteroatoms. The summed E-state index contributed by atoms with van der Waals surface area (Å²) in [5.41, 5.74) is -0.457. The van der Waals surface area contributed by atoms with Crippen LogP contribution in [0, 0.1) is 5.92 Å². The Morgan fingerprint density at radius 2 is 2.11 bits per heavy atom. The van der Waals surface area contributed by atoms with Crippen LogP contribution in [0.4, 0.5) is 0 Å². The van der Waals surface area contributed by atoms with E-state index in [1.54, 1.807) is 0 Å². The Hall–Kier alpha value is -1.10. The molecule has 2 fully saturated rings. The maximum atomic E-state index is 12.0. The Morgan fingerprint density at radius 3 is 2.78 bits per heavy atom. The number of esters is 1. The lowest BCUT2D eigenvalue weighted by Gasteiger charge is -2.42. The molecule has 2 aliphatic rings. The van der Waals surface area contributed by atoms with Gasteiger partial charge in [0.25, 0.3) is 0 Å². The van der Waals surface area contributed by atoms with Crippen molar-refractivity contribution in [3.8, 4) is 0 Å². The first-order valence-corrected chi connectivity index (χ1v) is 6.60. The number of hydrogen-bond donors (Lipinski definition) is 1. The summed E-state index contributed by atoms with van der Waals surface area (Å²) in [6, 6.07) is 0.255. The third kappa shape index (κ3) is 3.02. The normalized spacial score (nSPS) is 28.8. The Morgan fingerprint density at radius 1 is 1.39 bits per heavy atom. The highest BCUT2D eigenvalue weighted by Gasteiger charge is 2.37. The molecule has 0 unspecified atom stereocenters. The molecule has 102 valence electrons. The molecular formula is C13H22N2O3. The Bertz CT molecular complexity index is 349. The van der Waals surface area contributed by atoms with E-state index >= 15 is 0 Å². The fourth-order valence-corrected chi connectivity index (χ4v) is 2.57. The van der Waals surface area contributed by atoms with E-state index < -0.39 is 5.60 Å². The van der Waals surface area contributed by atoms with Crippen LogP contribution < -0.4 is 5.32 Å². The van der Waals surface area contributed by atoms with Crippen LogP contribution in [0.25, 0.3) is 0 Å². The Balaban J connectivity index is 1.96. The van der Waals surface area contributed by atoms with Crippen LogP contribution in [0.5, 0.6) is 0 Å². The summed E-state index contributed by atoms with van der Waals surface area (Å²) >= 11 is 0. The predicted octanol–water partition coefficient (Wildman–Crippen LogP) is 0.539. The number of piperidine rings is 1.